The van der Waals surface area contributed by atoms with Crippen LogP contribution in [0.1, 0.15) is 38.7 Å². The summed E-state index contributed by atoms with van der Waals surface area (Å²) >= 11 is 0. The van der Waals surface area contributed by atoms with Gasteiger partial charge in [0.25, 0.3) is 0 Å². The molecule has 0 aliphatic carbocycles. The fourth-order valence-electron chi connectivity index (χ4n) is 2.52. The first kappa shape index (κ1) is 22.2. The van der Waals surface area contributed by atoms with Crippen LogP contribution in [0.4, 0.5) is 0 Å². The Morgan fingerprint density at radius 1 is 1.08 bits per heavy atom. The Bertz CT molecular complexity index is 484. The molecule has 0 saturated carbocycles. The van der Waals surface area contributed by atoms with Gasteiger partial charge < -0.3 is 20.7 Å². The number of benzene rings is 1. The molecule has 0 spiro atoms. The SMILES string of the molecule is CC(C)[Si](C)(C)CCCCOc1ccc(CCC(N)(CO)CO)cc1. The van der Waals surface area contributed by atoms with Gasteiger partial charge in [-0.15, -0.1) is 0 Å². The number of aryl methyl sites for hydroxylation is 1. The third-order valence-corrected chi connectivity index (χ3v) is 10.3. The standard InChI is InChI=1S/C20H37NO3Si/c1-17(2)25(3,4)14-6-5-13-24-19-9-7-18(8-10-19)11-12-20(21,15-22)16-23/h7-10,17,22-23H,5-6,11-16,21H2,1-4H3. The molecule has 144 valence electrons. The molecule has 1 rings (SSSR count). The second kappa shape index (κ2) is 10.3. The quantitative estimate of drug-likeness (QED) is 0.390. The zero-order chi connectivity index (χ0) is 18.9. The molecule has 0 aliphatic rings. The Labute approximate surface area is 154 Å². The van der Waals surface area contributed by atoms with Gasteiger partial charge in [-0.2, -0.15) is 0 Å². The summed E-state index contributed by atoms with van der Waals surface area (Å²) in [5.74, 6) is 0.896. The van der Waals surface area contributed by atoms with E-state index in [4.69, 9.17) is 10.5 Å². The van der Waals surface area contributed by atoms with Crippen LogP contribution in [0.15, 0.2) is 24.3 Å². The minimum absolute atomic E-state index is 0.207. The second-order valence-corrected chi connectivity index (χ2v) is 13.9. The molecule has 4 N–H and O–H groups in total. The summed E-state index contributed by atoms with van der Waals surface area (Å²) < 4.78 is 5.83. The lowest BCUT2D eigenvalue weighted by Crippen LogP contribution is -2.47. The van der Waals surface area contributed by atoms with Crippen LogP contribution < -0.4 is 10.5 Å². The fourth-order valence-corrected chi connectivity index (χ4v) is 4.25. The molecule has 5 heteroatoms. The molecule has 0 heterocycles. The molecule has 0 amide bonds. The molecule has 0 saturated heterocycles. The van der Waals surface area contributed by atoms with E-state index in [0.717, 1.165) is 36.3 Å². The monoisotopic (exact) mass is 367 g/mol. The molecule has 25 heavy (non-hydrogen) atoms. The first-order chi connectivity index (χ1) is 11.7. The largest absolute Gasteiger partial charge is 0.494 e. The van der Waals surface area contributed by atoms with Crippen LogP contribution in [-0.2, 0) is 6.42 Å². The highest BCUT2D eigenvalue weighted by Crippen LogP contribution is 2.26. The number of unbranched alkanes of at least 4 members (excludes halogenated alkanes) is 1. The lowest BCUT2D eigenvalue weighted by molar-refractivity contribution is 0.115. The molecule has 0 unspecified atom stereocenters. The van der Waals surface area contributed by atoms with Crippen molar-refractivity contribution < 1.29 is 14.9 Å². The Balaban J connectivity index is 2.31. The second-order valence-electron chi connectivity index (χ2n) is 8.27. The number of nitrogens with two attached hydrogens (primary N) is 1. The molecule has 4 nitrogen and oxygen atoms in total. The average molecular weight is 368 g/mol. The molecule has 0 aromatic heterocycles. The van der Waals surface area contributed by atoms with Crippen molar-refractivity contribution in [3.05, 3.63) is 29.8 Å². The van der Waals surface area contributed by atoms with Gasteiger partial charge in [-0.05, 0) is 37.0 Å². The van der Waals surface area contributed by atoms with E-state index >= 15 is 0 Å². The maximum atomic E-state index is 9.23. The Hall–Kier alpha value is -0.883. The summed E-state index contributed by atoms with van der Waals surface area (Å²) in [6, 6.07) is 9.39. The maximum Gasteiger partial charge on any atom is 0.119 e. The van der Waals surface area contributed by atoms with Crippen LogP contribution in [0.25, 0.3) is 0 Å². The molecule has 0 bridgehead atoms. The maximum absolute atomic E-state index is 9.23. The third-order valence-electron chi connectivity index (χ3n) is 5.51. The highest BCUT2D eigenvalue weighted by Gasteiger charge is 2.24. The van der Waals surface area contributed by atoms with Gasteiger partial charge in [-0.1, -0.05) is 57.1 Å². The lowest BCUT2D eigenvalue weighted by atomic mass is 9.94. The van der Waals surface area contributed by atoms with Crippen molar-refractivity contribution in [1.82, 2.24) is 0 Å². The normalized spacial score (nSPS) is 12.6. The van der Waals surface area contributed by atoms with E-state index < -0.39 is 13.6 Å². The number of ether oxygens (including phenoxy) is 1. The van der Waals surface area contributed by atoms with Gasteiger partial charge in [0.15, 0.2) is 0 Å². The van der Waals surface area contributed by atoms with Gasteiger partial charge in [0, 0.05) is 8.07 Å². The number of hydrogen-bond donors (Lipinski definition) is 3. The van der Waals surface area contributed by atoms with Crippen molar-refractivity contribution in [2.45, 2.75) is 69.7 Å². The first-order valence-corrected chi connectivity index (χ1v) is 12.7. The van der Waals surface area contributed by atoms with Crippen molar-refractivity contribution >= 4 is 8.07 Å². The summed E-state index contributed by atoms with van der Waals surface area (Å²) in [4.78, 5) is 0. The number of hydrogen-bond acceptors (Lipinski definition) is 4. The van der Waals surface area contributed by atoms with Crippen LogP contribution >= 0.6 is 0 Å². The molecule has 0 atom stereocenters. The first-order valence-electron chi connectivity index (χ1n) is 9.45. The molecular weight excluding hydrogens is 330 g/mol. The van der Waals surface area contributed by atoms with Crippen LogP contribution in [0.2, 0.25) is 24.7 Å². The van der Waals surface area contributed by atoms with Gasteiger partial charge >= 0.3 is 0 Å². The predicted octanol–water partition coefficient (Wildman–Crippen LogP) is 3.58. The smallest absolute Gasteiger partial charge is 0.119 e. The van der Waals surface area contributed by atoms with Gasteiger partial charge in [-0.25, -0.2) is 0 Å². The molecule has 0 radical (unpaired) electrons. The van der Waals surface area contributed by atoms with E-state index in [1.165, 1.54) is 12.5 Å². The van der Waals surface area contributed by atoms with E-state index in [0.29, 0.717) is 6.42 Å². The Kier molecular flexibility index (Phi) is 9.14. The highest BCUT2D eigenvalue weighted by atomic mass is 28.3. The number of aliphatic hydroxyl groups excluding tert-OH is 2. The zero-order valence-electron chi connectivity index (χ0n) is 16.4. The van der Waals surface area contributed by atoms with Crippen LogP contribution in [0, 0.1) is 0 Å². The van der Waals surface area contributed by atoms with E-state index in [1.807, 2.05) is 24.3 Å². The van der Waals surface area contributed by atoms with Gasteiger partial charge in [0.05, 0.1) is 25.4 Å². The molecule has 0 aliphatic heterocycles. The van der Waals surface area contributed by atoms with E-state index in [9.17, 15) is 10.2 Å². The van der Waals surface area contributed by atoms with Crippen molar-refractivity contribution in [2.24, 2.45) is 5.73 Å². The summed E-state index contributed by atoms with van der Waals surface area (Å²) in [7, 11) is -1.05. The van der Waals surface area contributed by atoms with E-state index in [2.05, 4.69) is 26.9 Å². The van der Waals surface area contributed by atoms with Crippen molar-refractivity contribution in [1.29, 1.82) is 0 Å². The minimum atomic E-state index is -1.05. The van der Waals surface area contributed by atoms with Crippen molar-refractivity contribution in [3.63, 3.8) is 0 Å². The van der Waals surface area contributed by atoms with Crippen LogP contribution in [0.5, 0.6) is 5.75 Å². The van der Waals surface area contributed by atoms with Crippen molar-refractivity contribution in [3.8, 4) is 5.75 Å². The fraction of sp³-hybridized carbons (Fsp3) is 0.700. The number of rotatable bonds is 12. The van der Waals surface area contributed by atoms with Crippen LogP contribution in [-0.4, -0.2) is 43.6 Å². The van der Waals surface area contributed by atoms with Gasteiger partial charge in [-0.3, -0.25) is 0 Å². The van der Waals surface area contributed by atoms with Crippen LogP contribution in [0.3, 0.4) is 0 Å². The summed E-state index contributed by atoms with van der Waals surface area (Å²) in [5.41, 5.74) is 6.97. The molecular formula is C20H37NO3Si. The zero-order valence-corrected chi connectivity index (χ0v) is 17.4. The van der Waals surface area contributed by atoms with Gasteiger partial charge in [0.2, 0.25) is 0 Å². The molecule has 0 fully saturated rings. The van der Waals surface area contributed by atoms with Gasteiger partial charge in [0.1, 0.15) is 5.75 Å². The Morgan fingerprint density at radius 3 is 2.20 bits per heavy atom. The summed E-state index contributed by atoms with van der Waals surface area (Å²) in [6.45, 7) is 9.99. The predicted molar refractivity (Wildman–Crippen MR) is 108 cm³/mol. The van der Waals surface area contributed by atoms with E-state index in [-0.39, 0.29) is 13.2 Å². The number of aliphatic hydroxyl groups is 2. The Morgan fingerprint density at radius 2 is 1.68 bits per heavy atom. The third kappa shape index (κ3) is 7.90. The average Bonchev–Trinajstić information content (AvgIpc) is 2.60. The molecule has 1 aromatic rings. The lowest BCUT2D eigenvalue weighted by Gasteiger charge is -2.26. The van der Waals surface area contributed by atoms with E-state index in [1.54, 1.807) is 0 Å². The topological polar surface area (TPSA) is 75.7 Å². The summed E-state index contributed by atoms with van der Waals surface area (Å²) in [6.07, 6.45) is 3.63. The minimum Gasteiger partial charge on any atom is -0.494 e. The molecule has 1 aromatic carbocycles. The van der Waals surface area contributed by atoms with Crippen molar-refractivity contribution in [2.75, 3.05) is 19.8 Å². The highest BCUT2D eigenvalue weighted by molar-refractivity contribution is 6.78. The summed E-state index contributed by atoms with van der Waals surface area (Å²) in [5, 5.41) is 18.5.